The number of rotatable bonds is 2. The van der Waals surface area contributed by atoms with Crippen LogP contribution in [0.3, 0.4) is 0 Å². The lowest BCUT2D eigenvalue weighted by molar-refractivity contribution is -0.144. The smallest absolute Gasteiger partial charge is 0.308 e. The van der Waals surface area contributed by atoms with Gasteiger partial charge in [-0.25, -0.2) is 0 Å². The van der Waals surface area contributed by atoms with Gasteiger partial charge in [-0.1, -0.05) is 6.07 Å². The van der Waals surface area contributed by atoms with E-state index in [1.54, 1.807) is 4.90 Å². The lowest BCUT2D eigenvalue weighted by atomic mass is 9.90. The monoisotopic (exact) mass is 314 g/mol. The SMILES string of the molecule is Cc1cc(C)c2cc(C(=O)N3CCC[C@@H](C(=O)O)[C@H]3C)[nH]c2c1. The number of fused-ring (bicyclic) bond motifs is 1. The number of benzene rings is 1. The number of amides is 1. The zero-order chi connectivity index (χ0) is 16.7. The maximum Gasteiger partial charge on any atom is 0.308 e. The number of carboxylic acid groups (broad SMARTS) is 1. The van der Waals surface area contributed by atoms with Crippen LogP contribution in [-0.4, -0.2) is 39.5 Å². The van der Waals surface area contributed by atoms with Gasteiger partial charge in [0.1, 0.15) is 5.69 Å². The van der Waals surface area contributed by atoms with E-state index in [-0.39, 0.29) is 11.9 Å². The zero-order valence-corrected chi connectivity index (χ0v) is 13.7. The second kappa shape index (κ2) is 5.72. The molecule has 0 radical (unpaired) electrons. The van der Waals surface area contributed by atoms with Crippen molar-refractivity contribution in [3.63, 3.8) is 0 Å². The maximum absolute atomic E-state index is 12.8. The minimum Gasteiger partial charge on any atom is -0.481 e. The van der Waals surface area contributed by atoms with Gasteiger partial charge >= 0.3 is 5.97 Å². The first-order valence-corrected chi connectivity index (χ1v) is 8.02. The molecule has 2 atom stereocenters. The van der Waals surface area contributed by atoms with Crippen molar-refractivity contribution >= 4 is 22.8 Å². The zero-order valence-electron chi connectivity index (χ0n) is 13.7. The molecule has 1 aliphatic heterocycles. The second-order valence-electron chi connectivity index (χ2n) is 6.55. The Morgan fingerprint density at radius 3 is 2.70 bits per heavy atom. The van der Waals surface area contributed by atoms with E-state index < -0.39 is 11.9 Å². The van der Waals surface area contributed by atoms with Crippen LogP contribution in [-0.2, 0) is 4.79 Å². The molecule has 2 N–H and O–H groups in total. The Morgan fingerprint density at radius 2 is 2.00 bits per heavy atom. The van der Waals surface area contributed by atoms with Gasteiger partial charge < -0.3 is 15.0 Å². The minimum absolute atomic E-state index is 0.114. The van der Waals surface area contributed by atoms with Gasteiger partial charge in [-0.2, -0.15) is 0 Å². The number of carbonyl (C=O) groups excluding carboxylic acids is 1. The van der Waals surface area contributed by atoms with E-state index in [0.717, 1.165) is 28.5 Å². The van der Waals surface area contributed by atoms with Gasteiger partial charge in [0, 0.05) is 23.5 Å². The van der Waals surface area contributed by atoms with Crippen LogP contribution in [0.4, 0.5) is 0 Å². The molecule has 0 saturated carbocycles. The van der Waals surface area contributed by atoms with Crippen LogP contribution >= 0.6 is 0 Å². The lowest BCUT2D eigenvalue weighted by Crippen LogP contribution is -2.49. The lowest BCUT2D eigenvalue weighted by Gasteiger charge is -2.37. The fourth-order valence-electron chi connectivity index (χ4n) is 3.63. The third kappa shape index (κ3) is 2.71. The summed E-state index contributed by atoms with van der Waals surface area (Å²) in [5, 5.41) is 10.4. The van der Waals surface area contributed by atoms with Crippen molar-refractivity contribution in [3.05, 3.63) is 35.0 Å². The molecule has 0 spiro atoms. The number of nitrogens with zero attached hydrogens (tertiary/aromatic N) is 1. The molecule has 23 heavy (non-hydrogen) atoms. The van der Waals surface area contributed by atoms with Crippen LogP contribution < -0.4 is 0 Å². The van der Waals surface area contributed by atoms with Gasteiger partial charge in [-0.3, -0.25) is 9.59 Å². The highest BCUT2D eigenvalue weighted by Gasteiger charge is 2.36. The van der Waals surface area contributed by atoms with Crippen molar-refractivity contribution in [1.29, 1.82) is 0 Å². The average molecular weight is 314 g/mol. The van der Waals surface area contributed by atoms with E-state index in [9.17, 15) is 14.7 Å². The van der Waals surface area contributed by atoms with Crippen LogP contribution in [0, 0.1) is 19.8 Å². The van der Waals surface area contributed by atoms with Gasteiger partial charge in [-0.05, 0) is 56.9 Å². The first-order chi connectivity index (χ1) is 10.9. The van der Waals surface area contributed by atoms with Gasteiger partial charge in [0.2, 0.25) is 0 Å². The summed E-state index contributed by atoms with van der Waals surface area (Å²) in [5.74, 6) is -1.42. The molecule has 0 bridgehead atoms. The van der Waals surface area contributed by atoms with E-state index in [1.165, 1.54) is 0 Å². The normalized spacial score (nSPS) is 21.6. The van der Waals surface area contributed by atoms with Crippen LogP contribution in [0.2, 0.25) is 0 Å². The molecule has 1 aromatic carbocycles. The van der Waals surface area contributed by atoms with Crippen molar-refractivity contribution in [3.8, 4) is 0 Å². The summed E-state index contributed by atoms with van der Waals surface area (Å²) in [6.07, 6.45) is 1.36. The fraction of sp³-hybridized carbons (Fsp3) is 0.444. The number of hydrogen-bond donors (Lipinski definition) is 2. The Hall–Kier alpha value is -2.30. The van der Waals surface area contributed by atoms with Gasteiger partial charge in [0.15, 0.2) is 0 Å². The van der Waals surface area contributed by atoms with E-state index in [4.69, 9.17) is 0 Å². The number of aliphatic carboxylic acids is 1. The molecular weight excluding hydrogens is 292 g/mol. The number of hydrogen-bond acceptors (Lipinski definition) is 2. The second-order valence-corrected chi connectivity index (χ2v) is 6.55. The summed E-state index contributed by atoms with van der Waals surface area (Å²) in [5.41, 5.74) is 3.76. The Morgan fingerprint density at radius 1 is 1.26 bits per heavy atom. The predicted molar refractivity (Wildman–Crippen MR) is 88.6 cm³/mol. The summed E-state index contributed by atoms with van der Waals surface area (Å²) in [7, 11) is 0. The third-order valence-corrected chi connectivity index (χ3v) is 4.89. The van der Waals surface area contributed by atoms with Crippen LogP contribution in [0.5, 0.6) is 0 Å². The number of carbonyl (C=O) groups is 2. The third-order valence-electron chi connectivity index (χ3n) is 4.89. The number of aryl methyl sites for hydroxylation is 2. The van der Waals surface area contributed by atoms with Crippen LogP contribution in [0.25, 0.3) is 10.9 Å². The highest BCUT2D eigenvalue weighted by molar-refractivity contribution is 5.99. The fourth-order valence-corrected chi connectivity index (χ4v) is 3.63. The summed E-state index contributed by atoms with van der Waals surface area (Å²) < 4.78 is 0. The molecular formula is C18H22N2O3. The topological polar surface area (TPSA) is 73.4 Å². The molecule has 2 aromatic rings. The molecule has 3 rings (SSSR count). The van der Waals surface area contributed by atoms with Gasteiger partial charge in [0.25, 0.3) is 5.91 Å². The van der Waals surface area contributed by atoms with Crippen molar-refractivity contribution < 1.29 is 14.7 Å². The molecule has 1 fully saturated rings. The summed E-state index contributed by atoms with van der Waals surface area (Å²) in [6.45, 7) is 6.49. The molecule has 5 nitrogen and oxygen atoms in total. The molecule has 1 aromatic heterocycles. The Labute approximate surface area is 135 Å². The van der Waals surface area contributed by atoms with Crippen molar-refractivity contribution in [2.24, 2.45) is 5.92 Å². The van der Waals surface area contributed by atoms with E-state index >= 15 is 0 Å². The molecule has 0 unspecified atom stereocenters. The Kier molecular flexibility index (Phi) is 3.88. The molecule has 5 heteroatoms. The molecule has 0 aliphatic carbocycles. The average Bonchev–Trinajstić information content (AvgIpc) is 2.90. The summed E-state index contributed by atoms with van der Waals surface area (Å²) in [4.78, 5) is 29.1. The maximum atomic E-state index is 12.8. The summed E-state index contributed by atoms with van der Waals surface area (Å²) >= 11 is 0. The highest BCUT2D eigenvalue weighted by atomic mass is 16.4. The number of H-pyrrole nitrogens is 1. The molecule has 1 saturated heterocycles. The van der Waals surface area contributed by atoms with Gasteiger partial charge in [0.05, 0.1) is 5.92 Å². The standard InChI is InChI=1S/C18H22N2O3/c1-10-7-11(2)14-9-16(19-15(14)8-10)17(21)20-6-4-5-13(12(20)3)18(22)23/h7-9,12-13,19H,4-6H2,1-3H3,(H,22,23)/t12-,13-/m1/s1. The Bertz CT molecular complexity index is 778. The highest BCUT2D eigenvalue weighted by Crippen LogP contribution is 2.27. The van der Waals surface area contributed by atoms with E-state index in [0.29, 0.717) is 18.7 Å². The largest absolute Gasteiger partial charge is 0.481 e. The first kappa shape index (κ1) is 15.6. The molecule has 1 amide bonds. The number of likely N-dealkylation sites (tertiary alicyclic amines) is 1. The van der Waals surface area contributed by atoms with Crippen molar-refractivity contribution in [1.82, 2.24) is 9.88 Å². The van der Waals surface area contributed by atoms with Crippen molar-refractivity contribution in [2.45, 2.75) is 39.7 Å². The van der Waals surface area contributed by atoms with Gasteiger partial charge in [-0.15, -0.1) is 0 Å². The number of nitrogens with one attached hydrogen (secondary N) is 1. The first-order valence-electron chi connectivity index (χ1n) is 8.02. The van der Waals surface area contributed by atoms with Crippen LogP contribution in [0.15, 0.2) is 18.2 Å². The quantitative estimate of drug-likeness (QED) is 0.894. The number of aromatic nitrogens is 1. The minimum atomic E-state index is -0.821. The predicted octanol–water partition coefficient (Wildman–Crippen LogP) is 3.11. The summed E-state index contributed by atoms with van der Waals surface area (Å²) in [6, 6.07) is 5.71. The van der Waals surface area contributed by atoms with Crippen molar-refractivity contribution in [2.75, 3.05) is 6.54 Å². The van der Waals surface area contributed by atoms with E-state index in [1.807, 2.05) is 32.9 Å². The van der Waals surface area contributed by atoms with E-state index in [2.05, 4.69) is 11.1 Å². The number of carboxylic acids is 1. The van der Waals surface area contributed by atoms with Crippen LogP contribution in [0.1, 0.15) is 41.4 Å². The number of piperidine rings is 1. The molecule has 122 valence electrons. The number of aromatic amines is 1. The molecule has 1 aliphatic rings. The molecule has 2 heterocycles. The Balaban J connectivity index is 1.93.